The number of nitrogens with two attached hydrogens (primary N) is 1. The summed E-state index contributed by atoms with van der Waals surface area (Å²) in [5.74, 6) is -0.830. The molecule has 1 atom stereocenters. The fraction of sp³-hybridized carbons (Fsp3) is 0.778. The maximum absolute atomic E-state index is 11.3. The molecule has 4 nitrogen and oxygen atoms in total. The minimum atomic E-state index is -0.663. The Kier molecular flexibility index (Phi) is 3.91. The van der Waals surface area contributed by atoms with Crippen LogP contribution >= 0.6 is 0 Å². The molecule has 0 aliphatic carbocycles. The van der Waals surface area contributed by atoms with E-state index in [0.717, 1.165) is 0 Å². The molecule has 0 aromatic carbocycles. The number of hydrogen-bond acceptors (Lipinski definition) is 3. The van der Waals surface area contributed by atoms with Crippen LogP contribution in [-0.4, -0.2) is 19.0 Å². The van der Waals surface area contributed by atoms with E-state index >= 15 is 0 Å². The van der Waals surface area contributed by atoms with Crippen molar-refractivity contribution in [3.05, 3.63) is 0 Å². The average molecular weight is 187 g/mol. The number of hydrogen-bond donors (Lipinski definition) is 1. The summed E-state index contributed by atoms with van der Waals surface area (Å²) in [4.78, 5) is 21.9. The monoisotopic (exact) mass is 187 g/mol. The summed E-state index contributed by atoms with van der Waals surface area (Å²) in [7, 11) is 1.33. The number of ether oxygens (including phenoxy) is 1. The molecule has 0 aromatic rings. The van der Waals surface area contributed by atoms with Crippen LogP contribution in [0.2, 0.25) is 0 Å². The highest BCUT2D eigenvalue weighted by molar-refractivity contribution is 5.79. The number of carbonyl (C=O) groups excluding carboxylic acids is 2. The molecule has 0 aromatic heterocycles. The molecule has 1 unspecified atom stereocenters. The molecule has 0 radical (unpaired) electrons. The van der Waals surface area contributed by atoms with Gasteiger partial charge >= 0.3 is 5.97 Å². The van der Waals surface area contributed by atoms with E-state index < -0.39 is 11.3 Å². The zero-order valence-electron chi connectivity index (χ0n) is 8.59. The van der Waals surface area contributed by atoms with Crippen LogP contribution in [0.15, 0.2) is 0 Å². The van der Waals surface area contributed by atoms with Gasteiger partial charge in [-0.3, -0.25) is 9.59 Å². The third-order valence-electron chi connectivity index (χ3n) is 2.45. The molecule has 1 amide bonds. The summed E-state index contributed by atoms with van der Waals surface area (Å²) in [6.07, 6.45) is 0.197. The standard InChI is InChI=1S/C9H17NO3/c1-6(5-7(10)11)9(2,3)8(12)13-4/h6H,5H2,1-4H3,(H2,10,11). The Morgan fingerprint density at radius 2 is 1.92 bits per heavy atom. The van der Waals surface area contributed by atoms with Crippen molar-refractivity contribution in [2.24, 2.45) is 17.1 Å². The molecule has 0 fully saturated rings. The maximum atomic E-state index is 11.3. The maximum Gasteiger partial charge on any atom is 0.311 e. The second-order valence-corrected chi connectivity index (χ2v) is 3.78. The van der Waals surface area contributed by atoms with Crippen LogP contribution < -0.4 is 5.73 Å². The number of carbonyl (C=O) groups is 2. The largest absolute Gasteiger partial charge is 0.469 e. The molecule has 2 N–H and O–H groups in total. The number of esters is 1. The van der Waals surface area contributed by atoms with Crippen molar-refractivity contribution in [1.29, 1.82) is 0 Å². The van der Waals surface area contributed by atoms with Crippen molar-refractivity contribution in [3.63, 3.8) is 0 Å². The lowest BCUT2D eigenvalue weighted by Crippen LogP contribution is -2.34. The fourth-order valence-corrected chi connectivity index (χ4v) is 1.02. The molecule has 76 valence electrons. The topological polar surface area (TPSA) is 69.4 Å². The Morgan fingerprint density at radius 3 is 2.23 bits per heavy atom. The van der Waals surface area contributed by atoms with Crippen molar-refractivity contribution >= 4 is 11.9 Å². The van der Waals surface area contributed by atoms with Gasteiger partial charge in [0.25, 0.3) is 0 Å². The number of rotatable bonds is 4. The zero-order chi connectivity index (χ0) is 10.6. The van der Waals surface area contributed by atoms with Crippen molar-refractivity contribution in [2.75, 3.05) is 7.11 Å². The van der Waals surface area contributed by atoms with Crippen LogP contribution in [0.4, 0.5) is 0 Å². The average Bonchev–Trinajstić information content (AvgIpc) is 2.01. The zero-order valence-corrected chi connectivity index (χ0v) is 8.59. The highest BCUT2D eigenvalue weighted by Gasteiger charge is 2.35. The van der Waals surface area contributed by atoms with Gasteiger partial charge in [0.15, 0.2) is 0 Å². The van der Waals surface area contributed by atoms with Crippen molar-refractivity contribution in [3.8, 4) is 0 Å². The van der Waals surface area contributed by atoms with Gasteiger partial charge in [-0.05, 0) is 19.8 Å². The van der Waals surface area contributed by atoms with Crippen molar-refractivity contribution < 1.29 is 14.3 Å². The second-order valence-electron chi connectivity index (χ2n) is 3.78. The van der Waals surface area contributed by atoms with Crippen molar-refractivity contribution in [1.82, 2.24) is 0 Å². The highest BCUT2D eigenvalue weighted by atomic mass is 16.5. The van der Waals surface area contributed by atoms with Gasteiger partial charge in [-0.1, -0.05) is 6.92 Å². The van der Waals surface area contributed by atoms with Crippen LogP contribution in [0, 0.1) is 11.3 Å². The molecule has 0 rings (SSSR count). The van der Waals surface area contributed by atoms with E-state index in [2.05, 4.69) is 4.74 Å². The highest BCUT2D eigenvalue weighted by Crippen LogP contribution is 2.30. The minimum Gasteiger partial charge on any atom is -0.469 e. The summed E-state index contributed by atoms with van der Waals surface area (Å²) in [5, 5.41) is 0. The van der Waals surface area contributed by atoms with Crippen LogP contribution in [-0.2, 0) is 14.3 Å². The van der Waals surface area contributed by atoms with Crippen LogP contribution in [0.25, 0.3) is 0 Å². The van der Waals surface area contributed by atoms with Gasteiger partial charge in [0.2, 0.25) is 5.91 Å². The molecule has 0 aliphatic heterocycles. The summed E-state index contributed by atoms with van der Waals surface area (Å²) >= 11 is 0. The molecule has 0 heterocycles. The van der Waals surface area contributed by atoms with Gasteiger partial charge in [0.05, 0.1) is 12.5 Å². The summed E-state index contributed by atoms with van der Waals surface area (Å²) < 4.78 is 4.63. The molecule has 0 aliphatic rings. The predicted octanol–water partition coefficient (Wildman–Crippen LogP) is 0.697. The lowest BCUT2D eigenvalue weighted by molar-refractivity contribution is -0.153. The molecule has 13 heavy (non-hydrogen) atoms. The second kappa shape index (κ2) is 4.25. The first-order chi connectivity index (χ1) is 5.82. The first-order valence-electron chi connectivity index (χ1n) is 4.19. The van der Waals surface area contributed by atoms with Gasteiger partial charge in [0.1, 0.15) is 0 Å². The lowest BCUT2D eigenvalue weighted by Gasteiger charge is -2.27. The van der Waals surface area contributed by atoms with Crippen LogP contribution in [0.3, 0.4) is 0 Å². The Labute approximate surface area is 78.4 Å². The first-order valence-corrected chi connectivity index (χ1v) is 4.19. The van der Waals surface area contributed by atoms with Gasteiger partial charge in [0, 0.05) is 6.42 Å². The SMILES string of the molecule is COC(=O)C(C)(C)C(C)CC(N)=O. The van der Waals surface area contributed by atoms with E-state index in [0.29, 0.717) is 0 Å². The van der Waals surface area contributed by atoms with Crippen LogP contribution in [0.5, 0.6) is 0 Å². The van der Waals surface area contributed by atoms with E-state index in [9.17, 15) is 9.59 Å². The molecule has 0 saturated heterocycles. The van der Waals surface area contributed by atoms with E-state index in [1.54, 1.807) is 13.8 Å². The van der Waals surface area contributed by atoms with Gasteiger partial charge < -0.3 is 10.5 Å². The van der Waals surface area contributed by atoms with Gasteiger partial charge in [-0.15, -0.1) is 0 Å². The van der Waals surface area contributed by atoms with Crippen LogP contribution in [0.1, 0.15) is 27.2 Å². The number of methoxy groups -OCH3 is 1. The molecule has 0 spiro atoms. The van der Waals surface area contributed by atoms with Crippen molar-refractivity contribution in [2.45, 2.75) is 27.2 Å². The minimum absolute atomic E-state index is 0.113. The molecule has 0 bridgehead atoms. The number of amides is 1. The Hall–Kier alpha value is -1.06. The summed E-state index contributed by atoms with van der Waals surface area (Å²) in [6.45, 7) is 5.29. The molecular weight excluding hydrogens is 170 g/mol. The molecule has 4 heteroatoms. The predicted molar refractivity (Wildman–Crippen MR) is 48.8 cm³/mol. The molecule has 0 saturated carbocycles. The van der Waals surface area contributed by atoms with E-state index in [-0.39, 0.29) is 18.3 Å². The third kappa shape index (κ3) is 3.05. The van der Waals surface area contributed by atoms with E-state index in [1.807, 2.05) is 6.92 Å². The number of primary amides is 1. The Balaban J connectivity index is 4.43. The van der Waals surface area contributed by atoms with Gasteiger partial charge in [-0.25, -0.2) is 0 Å². The first kappa shape index (κ1) is 11.9. The molecular formula is C9H17NO3. The summed E-state index contributed by atoms with van der Waals surface area (Å²) in [5.41, 5.74) is 4.38. The Morgan fingerprint density at radius 1 is 1.46 bits per heavy atom. The van der Waals surface area contributed by atoms with Gasteiger partial charge in [-0.2, -0.15) is 0 Å². The third-order valence-corrected chi connectivity index (χ3v) is 2.45. The quantitative estimate of drug-likeness (QED) is 0.658. The fourth-order valence-electron chi connectivity index (χ4n) is 1.02. The Bertz CT molecular complexity index is 211. The summed E-state index contributed by atoms with van der Waals surface area (Å²) in [6, 6.07) is 0. The normalized spacial score (nSPS) is 13.5. The van der Waals surface area contributed by atoms with E-state index in [1.165, 1.54) is 7.11 Å². The smallest absolute Gasteiger partial charge is 0.311 e. The van der Waals surface area contributed by atoms with E-state index in [4.69, 9.17) is 5.73 Å². The lowest BCUT2D eigenvalue weighted by atomic mass is 9.78.